The summed E-state index contributed by atoms with van der Waals surface area (Å²) in [6, 6.07) is 3.01. The summed E-state index contributed by atoms with van der Waals surface area (Å²) in [7, 11) is -2.44. The third-order valence-electron chi connectivity index (χ3n) is 2.87. The highest BCUT2D eigenvalue weighted by molar-refractivity contribution is 7.90. The molecule has 2 rings (SSSR count). The lowest BCUT2D eigenvalue weighted by Gasteiger charge is -2.07. The molecule has 0 atom stereocenters. The number of hydrogen-bond donors (Lipinski definition) is 1. The molecule has 0 amide bonds. The number of rotatable bonds is 4. The molecule has 9 heteroatoms. The lowest BCUT2D eigenvalue weighted by Crippen LogP contribution is -2.12. The lowest BCUT2D eigenvalue weighted by molar-refractivity contribution is 0.0696. The quantitative estimate of drug-likeness (QED) is 0.863. The molecule has 0 bridgehead atoms. The van der Waals surface area contributed by atoms with Crippen LogP contribution in [0.4, 0.5) is 4.39 Å². The molecule has 0 radical (unpaired) electrons. The Kier molecular flexibility index (Phi) is 4.02. The first-order chi connectivity index (χ1) is 9.72. The lowest BCUT2D eigenvalue weighted by atomic mass is 10.3. The van der Waals surface area contributed by atoms with Crippen molar-refractivity contribution in [1.29, 1.82) is 0 Å². The second-order valence-corrected chi connectivity index (χ2v) is 6.67. The maximum Gasteiger partial charge on any atom is 0.339 e. The molecule has 0 aliphatic heterocycles. The number of aromatic nitrogens is 2. The topological polar surface area (TPSA) is 89.3 Å². The largest absolute Gasteiger partial charge is 0.478 e. The highest BCUT2D eigenvalue weighted by atomic mass is 35.5. The minimum atomic E-state index is -3.88. The summed E-state index contributed by atoms with van der Waals surface area (Å²) in [4.78, 5) is 10.8. The van der Waals surface area contributed by atoms with Gasteiger partial charge in [0.15, 0.2) is 9.84 Å². The van der Waals surface area contributed by atoms with Gasteiger partial charge in [0.2, 0.25) is 0 Å². The predicted molar refractivity (Wildman–Crippen MR) is 72.5 cm³/mol. The van der Waals surface area contributed by atoms with Gasteiger partial charge in [-0.3, -0.25) is 4.68 Å². The Morgan fingerprint density at radius 3 is 2.71 bits per heavy atom. The Balaban J connectivity index is 2.44. The van der Waals surface area contributed by atoms with Crippen LogP contribution in [0.15, 0.2) is 29.3 Å². The number of hydrogen-bond acceptors (Lipinski definition) is 4. The van der Waals surface area contributed by atoms with Crippen LogP contribution in [0.3, 0.4) is 0 Å². The van der Waals surface area contributed by atoms with Crippen LogP contribution in [-0.4, -0.2) is 29.3 Å². The van der Waals surface area contributed by atoms with Gasteiger partial charge in [0.05, 0.1) is 27.6 Å². The maximum absolute atomic E-state index is 13.1. The molecule has 0 unspecified atom stereocenters. The first-order valence-corrected chi connectivity index (χ1v) is 7.67. The summed E-state index contributed by atoms with van der Waals surface area (Å²) in [5.74, 6) is -2.58. The number of carboxylic acid groups (broad SMARTS) is 1. The highest BCUT2D eigenvalue weighted by Crippen LogP contribution is 2.23. The fraction of sp³-hybridized carbons (Fsp3) is 0.167. The number of aromatic carboxylic acids is 1. The summed E-state index contributed by atoms with van der Waals surface area (Å²) < 4.78 is 38.8. The SMILES string of the molecule is Cn1ncc(C(=O)O)c1CS(=O)(=O)c1ccc(F)c(Cl)c1. The second-order valence-electron chi connectivity index (χ2n) is 4.27. The maximum atomic E-state index is 13.1. The fourth-order valence-electron chi connectivity index (χ4n) is 1.75. The molecule has 1 heterocycles. The molecule has 2 aromatic rings. The van der Waals surface area contributed by atoms with Crippen molar-refractivity contribution < 1.29 is 22.7 Å². The predicted octanol–water partition coefficient (Wildman–Crippen LogP) is 1.88. The van der Waals surface area contributed by atoms with Crippen LogP contribution in [0, 0.1) is 5.82 Å². The van der Waals surface area contributed by atoms with Crippen LogP contribution in [-0.2, 0) is 22.6 Å². The van der Waals surface area contributed by atoms with Gasteiger partial charge in [-0.25, -0.2) is 17.6 Å². The molecule has 0 aliphatic carbocycles. The fourth-order valence-corrected chi connectivity index (χ4v) is 3.43. The summed E-state index contributed by atoms with van der Waals surface area (Å²) in [6.45, 7) is 0. The van der Waals surface area contributed by atoms with Crippen molar-refractivity contribution in [2.24, 2.45) is 7.05 Å². The molecule has 0 fully saturated rings. The molecular formula is C12H10ClFN2O4S. The van der Waals surface area contributed by atoms with Crippen LogP contribution in [0.2, 0.25) is 5.02 Å². The molecule has 1 aromatic heterocycles. The number of carbonyl (C=O) groups is 1. The van der Waals surface area contributed by atoms with E-state index in [0.717, 1.165) is 24.4 Å². The van der Waals surface area contributed by atoms with Gasteiger partial charge in [0.1, 0.15) is 11.4 Å². The standard InChI is InChI=1S/C12H10ClFN2O4S/c1-16-11(8(5-15-16)12(17)18)6-21(19,20)7-2-3-10(14)9(13)4-7/h2-5H,6H2,1H3,(H,17,18). The van der Waals surface area contributed by atoms with E-state index in [4.69, 9.17) is 16.7 Å². The van der Waals surface area contributed by atoms with Gasteiger partial charge in [-0.2, -0.15) is 5.10 Å². The van der Waals surface area contributed by atoms with Gasteiger partial charge in [0, 0.05) is 7.05 Å². The Labute approximate surface area is 124 Å². The van der Waals surface area contributed by atoms with Crippen LogP contribution in [0.1, 0.15) is 16.1 Å². The minimum absolute atomic E-state index is 0.0305. The van der Waals surface area contributed by atoms with Crippen molar-refractivity contribution in [2.45, 2.75) is 10.6 Å². The second kappa shape index (κ2) is 5.45. The highest BCUT2D eigenvalue weighted by Gasteiger charge is 2.23. The number of aryl methyl sites for hydroxylation is 1. The third kappa shape index (κ3) is 3.06. The van der Waals surface area contributed by atoms with E-state index in [1.54, 1.807) is 0 Å². The zero-order chi connectivity index (χ0) is 15.8. The van der Waals surface area contributed by atoms with Gasteiger partial charge in [-0.05, 0) is 18.2 Å². The number of halogens is 2. The van der Waals surface area contributed by atoms with Gasteiger partial charge < -0.3 is 5.11 Å². The normalized spacial score (nSPS) is 11.6. The van der Waals surface area contributed by atoms with Crippen LogP contribution in [0.5, 0.6) is 0 Å². The summed E-state index contributed by atoms with van der Waals surface area (Å²) in [6.07, 6.45) is 1.07. The zero-order valence-electron chi connectivity index (χ0n) is 10.7. The minimum Gasteiger partial charge on any atom is -0.478 e. The molecule has 1 aromatic carbocycles. The van der Waals surface area contributed by atoms with Crippen LogP contribution < -0.4 is 0 Å². The van der Waals surface area contributed by atoms with Crippen molar-refractivity contribution in [2.75, 3.05) is 0 Å². The van der Waals surface area contributed by atoms with Gasteiger partial charge in [-0.1, -0.05) is 11.6 Å². The van der Waals surface area contributed by atoms with E-state index >= 15 is 0 Å². The van der Waals surface area contributed by atoms with E-state index < -0.39 is 27.4 Å². The van der Waals surface area contributed by atoms with Crippen molar-refractivity contribution in [3.63, 3.8) is 0 Å². The molecule has 0 spiro atoms. The number of sulfone groups is 1. The monoisotopic (exact) mass is 332 g/mol. The molecule has 0 aliphatic rings. The van der Waals surface area contributed by atoms with Gasteiger partial charge in [-0.15, -0.1) is 0 Å². The van der Waals surface area contributed by atoms with Gasteiger partial charge in [0.25, 0.3) is 0 Å². The Morgan fingerprint density at radius 1 is 1.48 bits per heavy atom. The average Bonchev–Trinajstić information content (AvgIpc) is 2.74. The molecule has 0 saturated heterocycles. The van der Waals surface area contributed by atoms with Crippen molar-refractivity contribution >= 4 is 27.4 Å². The van der Waals surface area contributed by atoms with E-state index in [-0.39, 0.29) is 21.2 Å². The number of carboxylic acids is 1. The molecular weight excluding hydrogens is 323 g/mol. The molecule has 6 nitrogen and oxygen atoms in total. The van der Waals surface area contributed by atoms with Crippen molar-refractivity contribution in [1.82, 2.24) is 9.78 Å². The number of nitrogens with zero attached hydrogens (tertiary/aromatic N) is 2. The summed E-state index contributed by atoms with van der Waals surface area (Å²) >= 11 is 5.56. The zero-order valence-corrected chi connectivity index (χ0v) is 12.3. The Bertz CT molecular complexity index is 817. The van der Waals surface area contributed by atoms with E-state index in [2.05, 4.69) is 5.10 Å². The van der Waals surface area contributed by atoms with Crippen molar-refractivity contribution in [3.05, 3.63) is 46.5 Å². The van der Waals surface area contributed by atoms with Crippen LogP contribution in [0.25, 0.3) is 0 Å². The van der Waals surface area contributed by atoms with E-state index in [1.165, 1.54) is 11.7 Å². The van der Waals surface area contributed by atoms with Crippen molar-refractivity contribution in [3.8, 4) is 0 Å². The van der Waals surface area contributed by atoms with E-state index in [0.29, 0.717) is 0 Å². The van der Waals surface area contributed by atoms with E-state index in [1.807, 2.05) is 0 Å². The van der Waals surface area contributed by atoms with Crippen LogP contribution >= 0.6 is 11.6 Å². The summed E-state index contributed by atoms with van der Waals surface area (Å²) in [5, 5.41) is 12.4. The first-order valence-electron chi connectivity index (χ1n) is 5.64. The molecule has 1 N–H and O–H groups in total. The summed E-state index contributed by atoms with van der Waals surface area (Å²) in [5.41, 5.74) is -0.169. The smallest absolute Gasteiger partial charge is 0.339 e. The Hall–Kier alpha value is -1.93. The average molecular weight is 333 g/mol. The Morgan fingerprint density at radius 2 is 2.14 bits per heavy atom. The third-order valence-corrected chi connectivity index (χ3v) is 4.78. The van der Waals surface area contributed by atoms with E-state index in [9.17, 15) is 17.6 Å². The molecule has 112 valence electrons. The molecule has 0 saturated carbocycles. The van der Waals surface area contributed by atoms with Gasteiger partial charge >= 0.3 is 5.97 Å². The first kappa shape index (κ1) is 15.5. The molecule has 21 heavy (non-hydrogen) atoms. The number of benzene rings is 1.